The van der Waals surface area contributed by atoms with Crippen LogP contribution in [0.5, 0.6) is 0 Å². The Morgan fingerprint density at radius 3 is 2.41 bits per heavy atom. The lowest BCUT2D eigenvalue weighted by atomic mass is 9.96. The topological polar surface area (TPSA) is 58.6 Å². The molecule has 0 radical (unpaired) electrons. The van der Waals surface area contributed by atoms with Crippen LogP contribution in [0, 0.1) is 0 Å². The normalized spacial score (nSPS) is 32.9. The van der Waals surface area contributed by atoms with Crippen molar-refractivity contribution in [2.24, 2.45) is 0 Å². The first-order chi connectivity index (χ1) is 7.85. The first kappa shape index (κ1) is 14.5. The van der Waals surface area contributed by atoms with Gasteiger partial charge in [0.1, 0.15) is 5.60 Å². The minimum Gasteiger partial charge on any atom is -0.380 e. The second-order valence-corrected chi connectivity index (χ2v) is 5.42. The van der Waals surface area contributed by atoms with Gasteiger partial charge < -0.3 is 15.2 Å². The molecule has 1 amide bonds. The van der Waals surface area contributed by atoms with Crippen molar-refractivity contribution < 1.29 is 14.6 Å². The maximum Gasteiger partial charge on any atom is 0.251 e. The Balaban J connectivity index is 2.50. The van der Waals surface area contributed by atoms with Gasteiger partial charge in [0.25, 0.3) is 5.91 Å². The molecular weight excluding hydrogens is 218 g/mol. The van der Waals surface area contributed by atoms with Gasteiger partial charge in [-0.05, 0) is 40.0 Å². The van der Waals surface area contributed by atoms with Crippen LogP contribution in [0.1, 0.15) is 53.4 Å². The summed E-state index contributed by atoms with van der Waals surface area (Å²) >= 11 is 0. The summed E-state index contributed by atoms with van der Waals surface area (Å²) in [4.78, 5) is 11.9. The second kappa shape index (κ2) is 5.83. The van der Waals surface area contributed by atoms with Crippen molar-refractivity contribution in [2.75, 3.05) is 0 Å². The van der Waals surface area contributed by atoms with Crippen molar-refractivity contribution in [1.82, 2.24) is 5.32 Å². The van der Waals surface area contributed by atoms with Gasteiger partial charge in [0.15, 0.2) is 0 Å². The summed E-state index contributed by atoms with van der Waals surface area (Å²) in [5.74, 6) is -0.259. The van der Waals surface area contributed by atoms with Crippen molar-refractivity contribution in [3.8, 4) is 0 Å². The Hall–Kier alpha value is -0.610. The number of amides is 1. The molecule has 0 aromatic rings. The number of ether oxygens (including phenoxy) is 1. The molecule has 0 bridgehead atoms. The number of aliphatic hydroxyl groups is 1. The summed E-state index contributed by atoms with van der Waals surface area (Å²) in [6.07, 6.45) is 3.26. The van der Waals surface area contributed by atoms with Crippen molar-refractivity contribution in [2.45, 2.75) is 77.2 Å². The third kappa shape index (κ3) is 4.28. The van der Waals surface area contributed by atoms with E-state index in [9.17, 15) is 9.90 Å². The molecule has 1 fully saturated rings. The summed E-state index contributed by atoms with van der Waals surface area (Å²) in [6.45, 7) is 7.57. The number of nitrogens with one attached hydrogen (secondary N) is 1. The van der Waals surface area contributed by atoms with E-state index in [0.717, 1.165) is 19.3 Å². The molecular formula is C13H25NO3. The molecule has 3 unspecified atom stereocenters. The number of carbonyl (C=O) groups is 1. The summed E-state index contributed by atoms with van der Waals surface area (Å²) in [5.41, 5.74) is -1.25. The van der Waals surface area contributed by atoms with Crippen molar-refractivity contribution in [3.05, 3.63) is 0 Å². The summed E-state index contributed by atoms with van der Waals surface area (Å²) in [5, 5.41) is 12.9. The third-order valence-corrected chi connectivity index (χ3v) is 3.26. The minimum atomic E-state index is -1.25. The summed E-state index contributed by atoms with van der Waals surface area (Å²) < 4.78 is 5.62. The Labute approximate surface area is 104 Å². The van der Waals surface area contributed by atoms with Crippen LogP contribution in [-0.4, -0.2) is 34.9 Å². The van der Waals surface area contributed by atoms with E-state index in [1.165, 1.54) is 0 Å². The zero-order chi connectivity index (χ0) is 13.1. The fourth-order valence-electron chi connectivity index (χ4n) is 2.46. The molecule has 0 aromatic heterocycles. The highest BCUT2D eigenvalue weighted by Gasteiger charge is 2.33. The average molecular weight is 243 g/mol. The van der Waals surface area contributed by atoms with E-state index < -0.39 is 5.60 Å². The van der Waals surface area contributed by atoms with Crippen LogP contribution in [0.15, 0.2) is 0 Å². The highest BCUT2D eigenvalue weighted by atomic mass is 16.5. The molecule has 17 heavy (non-hydrogen) atoms. The van der Waals surface area contributed by atoms with Crippen LogP contribution >= 0.6 is 0 Å². The SMILES string of the molecule is CCCC(C)(O)C(=O)NC1CC(C)OC(C)C1. The van der Waals surface area contributed by atoms with Gasteiger partial charge in [0.05, 0.1) is 12.2 Å². The van der Waals surface area contributed by atoms with Gasteiger partial charge in [-0.1, -0.05) is 13.3 Å². The number of rotatable bonds is 4. The molecule has 2 N–H and O–H groups in total. The lowest BCUT2D eigenvalue weighted by Gasteiger charge is -2.34. The van der Waals surface area contributed by atoms with Crippen LogP contribution in [0.2, 0.25) is 0 Å². The zero-order valence-corrected chi connectivity index (χ0v) is 11.3. The molecule has 1 rings (SSSR count). The van der Waals surface area contributed by atoms with E-state index in [1.807, 2.05) is 20.8 Å². The quantitative estimate of drug-likeness (QED) is 0.788. The van der Waals surface area contributed by atoms with Gasteiger partial charge in [-0.2, -0.15) is 0 Å². The molecule has 0 spiro atoms. The van der Waals surface area contributed by atoms with Crippen LogP contribution in [-0.2, 0) is 9.53 Å². The first-order valence-electron chi connectivity index (χ1n) is 6.54. The van der Waals surface area contributed by atoms with Crippen LogP contribution in [0.25, 0.3) is 0 Å². The van der Waals surface area contributed by atoms with Crippen molar-refractivity contribution in [1.29, 1.82) is 0 Å². The van der Waals surface area contributed by atoms with E-state index in [4.69, 9.17) is 4.74 Å². The van der Waals surface area contributed by atoms with Gasteiger partial charge in [0, 0.05) is 6.04 Å². The molecule has 1 heterocycles. The van der Waals surface area contributed by atoms with Crippen molar-refractivity contribution in [3.63, 3.8) is 0 Å². The monoisotopic (exact) mass is 243 g/mol. The zero-order valence-electron chi connectivity index (χ0n) is 11.3. The fourth-order valence-corrected chi connectivity index (χ4v) is 2.46. The molecule has 100 valence electrons. The smallest absolute Gasteiger partial charge is 0.251 e. The van der Waals surface area contributed by atoms with Gasteiger partial charge in [0.2, 0.25) is 0 Å². The van der Waals surface area contributed by atoms with E-state index in [2.05, 4.69) is 5.32 Å². The second-order valence-electron chi connectivity index (χ2n) is 5.42. The molecule has 0 aliphatic carbocycles. The van der Waals surface area contributed by atoms with E-state index in [-0.39, 0.29) is 24.2 Å². The molecule has 4 nitrogen and oxygen atoms in total. The maximum absolute atomic E-state index is 11.9. The van der Waals surface area contributed by atoms with E-state index in [1.54, 1.807) is 6.92 Å². The Morgan fingerprint density at radius 1 is 1.41 bits per heavy atom. The highest BCUT2D eigenvalue weighted by molar-refractivity contribution is 5.84. The molecule has 1 saturated heterocycles. The van der Waals surface area contributed by atoms with Gasteiger partial charge in [-0.3, -0.25) is 4.79 Å². The van der Waals surface area contributed by atoms with Crippen LogP contribution in [0.3, 0.4) is 0 Å². The Kier molecular flexibility index (Phi) is 4.95. The summed E-state index contributed by atoms with van der Waals surface area (Å²) in [7, 11) is 0. The molecule has 4 heteroatoms. The lowest BCUT2D eigenvalue weighted by molar-refractivity contribution is -0.141. The predicted octanol–water partition coefficient (Wildman–Crippen LogP) is 1.61. The van der Waals surface area contributed by atoms with Crippen molar-refractivity contribution >= 4 is 5.91 Å². The number of hydrogen-bond donors (Lipinski definition) is 2. The summed E-state index contributed by atoms with van der Waals surface area (Å²) in [6, 6.07) is 0.115. The average Bonchev–Trinajstić information content (AvgIpc) is 2.15. The molecule has 0 aromatic carbocycles. The number of carbonyl (C=O) groups excluding carboxylic acids is 1. The molecule has 1 aliphatic rings. The fraction of sp³-hybridized carbons (Fsp3) is 0.923. The Morgan fingerprint density at radius 2 is 1.94 bits per heavy atom. The third-order valence-electron chi connectivity index (χ3n) is 3.26. The first-order valence-corrected chi connectivity index (χ1v) is 6.54. The lowest BCUT2D eigenvalue weighted by Crippen LogP contribution is -2.51. The van der Waals surface area contributed by atoms with Gasteiger partial charge in [-0.15, -0.1) is 0 Å². The largest absolute Gasteiger partial charge is 0.380 e. The predicted molar refractivity (Wildman–Crippen MR) is 66.7 cm³/mol. The van der Waals surface area contributed by atoms with Crippen LogP contribution in [0.4, 0.5) is 0 Å². The molecule has 1 aliphatic heterocycles. The Bertz CT molecular complexity index is 255. The standard InChI is InChI=1S/C13H25NO3/c1-5-6-13(4,16)12(15)14-11-7-9(2)17-10(3)8-11/h9-11,16H,5-8H2,1-4H3,(H,14,15). The van der Waals surface area contributed by atoms with Gasteiger partial charge >= 0.3 is 0 Å². The van der Waals surface area contributed by atoms with E-state index >= 15 is 0 Å². The maximum atomic E-state index is 11.9. The van der Waals surface area contributed by atoms with Gasteiger partial charge in [-0.25, -0.2) is 0 Å². The highest BCUT2D eigenvalue weighted by Crippen LogP contribution is 2.20. The molecule has 3 atom stereocenters. The minimum absolute atomic E-state index is 0.115. The van der Waals surface area contributed by atoms with E-state index in [0.29, 0.717) is 6.42 Å². The van der Waals surface area contributed by atoms with Crippen LogP contribution < -0.4 is 5.32 Å². The molecule has 0 saturated carbocycles. The number of hydrogen-bond acceptors (Lipinski definition) is 3.